The first-order chi connectivity index (χ1) is 5.70. The van der Waals surface area contributed by atoms with E-state index >= 15 is 0 Å². The lowest BCUT2D eigenvalue weighted by molar-refractivity contribution is 0.672. The maximum atomic E-state index is 5.77. The monoisotopic (exact) mass is 169 g/mol. The third kappa shape index (κ3) is 1.35. The zero-order chi connectivity index (χ0) is 9.14. The number of anilines is 2. The third-order valence-electron chi connectivity index (χ3n) is 1.82. The molecule has 0 aliphatic heterocycles. The van der Waals surface area contributed by atoms with E-state index in [4.69, 9.17) is 17.2 Å². The maximum Gasteiger partial charge on any atom is 0.150 e. The minimum absolute atomic E-state index is 0.500. The second-order valence-electron chi connectivity index (χ2n) is 2.60. The summed E-state index contributed by atoms with van der Waals surface area (Å²) in [6.45, 7) is 3.25. The van der Waals surface area contributed by atoms with E-state index in [1.807, 2.05) is 6.92 Å². The highest BCUT2D eigenvalue weighted by molar-refractivity contribution is 5.54. The summed E-state index contributed by atoms with van der Waals surface area (Å²) in [6, 6.07) is 0. The first kappa shape index (κ1) is 8.86. The van der Waals surface area contributed by atoms with Crippen LogP contribution in [0.4, 0.5) is 11.6 Å². The molecule has 0 radical (unpaired) electrons. The molecule has 0 bridgehead atoms. The average Bonchev–Trinajstić information content (AvgIpc) is 2.32. The highest BCUT2D eigenvalue weighted by Gasteiger charge is 2.10. The van der Waals surface area contributed by atoms with Gasteiger partial charge in [-0.25, -0.2) is 4.68 Å². The Morgan fingerprint density at radius 2 is 2.08 bits per heavy atom. The largest absolute Gasteiger partial charge is 0.384 e. The van der Waals surface area contributed by atoms with Crippen LogP contribution in [0.3, 0.4) is 0 Å². The van der Waals surface area contributed by atoms with Crippen molar-refractivity contribution in [1.82, 2.24) is 9.78 Å². The van der Waals surface area contributed by atoms with Crippen LogP contribution < -0.4 is 17.2 Å². The zero-order valence-corrected chi connectivity index (χ0v) is 7.25. The molecular formula is C7H15N5. The van der Waals surface area contributed by atoms with E-state index in [-0.39, 0.29) is 0 Å². The molecule has 0 saturated carbocycles. The Bertz CT molecular complexity index is 265. The molecule has 0 aliphatic carbocycles. The van der Waals surface area contributed by atoms with Gasteiger partial charge >= 0.3 is 0 Å². The van der Waals surface area contributed by atoms with Gasteiger partial charge in [0.2, 0.25) is 0 Å². The molecule has 5 nitrogen and oxygen atoms in total. The van der Waals surface area contributed by atoms with Crippen molar-refractivity contribution in [1.29, 1.82) is 0 Å². The SMILES string of the molecule is CCn1nc(N)c(CCN)c1N. The summed E-state index contributed by atoms with van der Waals surface area (Å²) in [4.78, 5) is 0. The molecule has 0 fully saturated rings. The van der Waals surface area contributed by atoms with Crippen molar-refractivity contribution < 1.29 is 0 Å². The van der Waals surface area contributed by atoms with Crippen LogP contribution in [0.1, 0.15) is 12.5 Å². The van der Waals surface area contributed by atoms with Crippen LogP contribution in [0.2, 0.25) is 0 Å². The molecular weight excluding hydrogens is 154 g/mol. The molecule has 0 aromatic carbocycles. The quantitative estimate of drug-likeness (QED) is 0.572. The topological polar surface area (TPSA) is 95.9 Å². The van der Waals surface area contributed by atoms with E-state index in [0.29, 0.717) is 24.6 Å². The van der Waals surface area contributed by atoms with Gasteiger partial charge in [0.1, 0.15) is 5.82 Å². The van der Waals surface area contributed by atoms with Gasteiger partial charge in [-0.3, -0.25) is 0 Å². The van der Waals surface area contributed by atoms with E-state index in [9.17, 15) is 0 Å². The van der Waals surface area contributed by atoms with Crippen molar-refractivity contribution in [3.05, 3.63) is 5.56 Å². The Morgan fingerprint density at radius 3 is 2.50 bits per heavy atom. The molecule has 68 valence electrons. The smallest absolute Gasteiger partial charge is 0.150 e. The Morgan fingerprint density at radius 1 is 1.42 bits per heavy atom. The summed E-state index contributed by atoms with van der Waals surface area (Å²) in [7, 11) is 0. The minimum atomic E-state index is 0.500. The zero-order valence-electron chi connectivity index (χ0n) is 7.25. The number of nitrogen functional groups attached to an aromatic ring is 2. The van der Waals surface area contributed by atoms with Crippen LogP contribution in [0.25, 0.3) is 0 Å². The Kier molecular flexibility index (Phi) is 2.54. The summed E-state index contributed by atoms with van der Waals surface area (Å²) >= 11 is 0. The molecule has 0 unspecified atom stereocenters. The molecule has 0 atom stereocenters. The fraction of sp³-hybridized carbons (Fsp3) is 0.571. The van der Waals surface area contributed by atoms with E-state index in [1.54, 1.807) is 4.68 Å². The highest BCUT2D eigenvalue weighted by Crippen LogP contribution is 2.18. The van der Waals surface area contributed by atoms with Crippen LogP contribution in [-0.4, -0.2) is 16.3 Å². The Hall–Kier alpha value is -1.23. The second-order valence-corrected chi connectivity index (χ2v) is 2.60. The number of rotatable bonds is 3. The lowest BCUT2D eigenvalue weighted by Gasteiger charge is -1.99. The number of hydrogen-bond donors (Lipinski definition) is 3. The van der Waals surface area contributed by atoms with Crippen molar-refractivity contribution in [2.24, 2.45) is 5.73 Å². The molecule has 1 aromatic rings. The fourth-order valence-electron chi connectivity index (χ4n) is 1.17. The number of aryl methyl sites for hydroxylation is 1. The van der Waals surface area contributed by atoms with Crippen LogP contribution in [0, 0.1) is 0 Å². The Balaban J connectivity index is 3.01. The fourth-order valence-corrected chi connectivity index (χ4v) is 1.17. The van der Waals surface area contributed by atoms with Gasteiger partial charge in [-0.2, -0.15) is 5.10 Å². The van der Waals surface area contributed by atoms with Gasteiger partial charge in [0.05, 0.1) is 0 Å². The predicted octanol–water partition coefficient (Wildman–Crippen LogP) is -0.431. The van der Waals surface area contributed by atoms with Gasteiger partial charge in [-0.1, -0.05) is 0 Å². The van der Waals surface area contributed by atoms with E-state index < -0.39 is 0 Å². The first-order valence-electron chi connectivity index (χ1n) is 4.01. The van der Waals surface area contributed by atoms with Gasteiger partial charge in [-0.05, 0) is 19.9 Å². The maximum absolute atomic E-state index is 5.77. The molecule has 1 rings (SSSR count). The van der Waals surface area contributed by atoms with E-state index in [2.05, 4.69) is 5.10 Å². The summed E-state index contributed by atoms with van der Waals surface area (Å²) < 4.78 is 1.68. The number of nitrogens with zero attached hydrogens (tertiary/aromatic N) is 2. The summed E-state index contributed by atoms with van der Waals surface area (Å²) in [5.74, 6) is 1.14. The van der Waals surface area contributed by atoms with Crippen LogP contribution in [0.15, 0.2) is 0 Å². The molecule has 12 heavy (non-hydrogen) atoms. The lowest BCUT2D eigenvalue weighted by atomic mass is 10.2. The van der Waals surface area contributed by atoms with Crippen molar-refractivity contribution in [2.75, 3.05) is 18.0 Å². The van der Waals surface area contributed by atoms with Crippen molar-refractivity contribution >= 4 is 11.6 Å². The summed E-state index contributed by atoms with van der Waals surface area (Å²) in [5, 5.41) is 4.06. The average molecular weight is 169 g/mol. The molecule has 1 aromatic heterocycles. The van der Waals surface area contributed by atoms with Crippen LogP contribution >= 0.6 is 0 Å². The van der Waals surface area contributed by atoms with E-state index in [0.717, 1.165) is 12.1 Å². The van der Waals surface area contributed by atoms with Crippen molar-refractivity contribution in [3.63, 3.8) is 0 Å². The first-order valence-corrected chi connectivity index (χ1v) is 4.01. The second kappa shape index (κ2) is 3.44. The normalized spacial score (nSPS) is 10.5. The molecule has 0 aliphatic rings. The van der Waals surface area contributed by atoms with Crippen LogP contribution in [0.5, 0.6) is 0 Å². The number of nitrogens with two attached hydrogens (primary N) is 3. The molecule has 0 spiro atoms. The van der Waals surface area contributed by atoms with Gasteiger partial charge < -0.3 is 17.2 Å². The molecule has 5 heteroatoms. The van der Waals surface area contributed by atoms with Gasteiger partial charge in [0.25, 0.3) is 0 Å². The number of hydrogen-bond acceptors (Lipinski definition) is 4. The third-order valence-corrected chi connectivity index (χ3v) is 1.82. The van der Waals surface area contributed by atoms with E-state index in [1.165, 1.54) is 0 Å². The molecule has 1 heterocycles. The molecule has 0 amide bonds. The van der Waals surface area contributed by atoms with Crippen molar-refractivity contribution in [2.45, 2.75) is 19.9 Å². The minimum Gasteiger partial charge on any atom is -0.384 e. The van der Waals surface area contributed by atoms with Crippen molar-refractivity contribution in [3.8, 4) is 0 Å². The molecule has 0 saturated heterocycles. The highest BCUT2D eigenvalue weighted by atomic mass is 15.3. The summed E-state index contributed by atoms with van der Waals surface area (Å²) in [6.07, 6.45) is 0.692. The number of aromatic nitrogens is 2. The summed E-state index contributed by atoms with van der Waals surface area (Å²) in [5.41, 5.74) is 17.7. The molecule has 6 N–H and O–H groups in total. The van der Waals surface area contributed by atoms with Gasteiger partial charge in [0.15, 0.2) is 5.82 Å². The van der Waals surface area contributed by atoms with Crippen LogP contribution in [-0.2, 0) is 13.0 Å². The Labute approximate surface area is 71.5 Å². The predicted molar refractivity (Wildman–Crippen MR) is 49.5 cm³/mol. The van der Waals surface area contributed by atoms with Gasteiger partial charge in [0, 0.05) is 12.1 Å². The van der Waals surface area contributed by atoms with Gasteiger partial charge in [-0.15, -0.1) is 0 Å². The standard InChI is InChI=1S/C7H15N5/c1-2-12-7(10)5(3-4-8)6(9)11-12/h2-4,8,10H2,1H3,(H2,9,11). The lowest BCUT2D eigenvalue weighted by Crippen LogP contribution is -2.07.